The van der Waals surface area contributed by atoms with Crippen molar-refractivity contribution >= 4 is 17.1 Å². The maximum absolute atomic E-state index is 11.8. The highest BCUT2D eigenvalue weighted by atomic mass is 16.3. The van der Waals surface area contributed by atoms with Crippen LogP contribution in [0.4, 0.5) is 5.95 Å². The largest absolute Gasteiger partial charge is 0.396 e. The van der Waals surface area contributed by atoms with Gasteiger partial charge in [0.25, 0.3) is 5.56 Å². The zero-order valence-electron chi connectivity index (χ0n) is 11.0. The molecule has 4 atom stereocenters. The minimum absolute atomic E-state index is 0.0363. The second-order valence-electron chi connectivity index (χ2n) is 5.35. The molecule has 108 valence electrons. The molecule has 1 unspecified atom stereocenters. The number of aromatic nitrogens is 4. The minimum Gasteiger partial charge on any atom is -0.396 e. The first-order valence-corrected chi connectivity index (χ1v) is 6.54. The number of imidazole rings is 1. The summed E-state index contributed by atoms with van der Waals surface area (Å²) in [5.41, 5.74) is 5.83. The lowest BCUT2D eigenvalue weighted by Gasteiger charge is -2.20. The number of aromatic amines is 1. The molecular formula is C12H17N5O3. The summed E-state index contributed by atoms with van der Waals surface area (Å²) in [7, 11) is 0. The lowest BCUT2D eigenvalue weighted by Crippen LogP contribution is -2.22. The molecule has 1 aliphatic rings. The molecule has 20 heavy (non-hydrogen) atoms. The standard InChI is InChI=1S/C12H17N5O3/c1-5-6(3-18)8(19)2-7(5)17-4-14-9-10(17)15-12(13)16-11(9)20/h4-8,18-19H,2-3H2,1H3,(H3,13,15,16,20)/t5?,6-,7-,8-/m0/s1. The number of hydrogen-bond donors (Lipinski definition) is 4. The van der Waals surface area contributed by atoms with Crippen LogP contribution in [0.15, 0.2) is 11.1 Å². The zero-order chi connectivity index (χ0) is 14.4. The van der Waals surface area contributed by atoms with E-state index in [1.165, 1.54) is 0 Å². The molecular weight excluding hydrogens is 262 g/mol. The molecule has 0 aromatic carbocycles. The van der Waals surface area contributed by atoms with E-state index in [1.54, 1.807) is 10.9 Å². The van der Waals surface area contributed by atoms with Crippen LogP contribution in [0.1, 0.15) is 19.4 Å². The van der Waals surface area contributed by atoms with Gasteiger partial charge in [-0.05, 0) is 12.3 Å². The van der Waals surface area contributed by atoms with E-state index in [4.69, 9.17) is 5.73 Å². The van der Waals surface area contributed by atoms with Crippen molar-refractivity contribution in [2.45, 2.75) is 25.5 Å². The third kappa shape index (κ3) is 1.80. The number of rotatable bonds is 2. The Morgan fingerprint density at radius 3 is 3.00 bits per heavy atom. The average Bonchev–Trinajstić information content (AvgIpc) is 2.91. The molecule has 0 amide bonds. The molecule has 8 heteroatoms. The molecule has 8 nitrogen and oxygen atoms in total. The van der Waals surface area contributed by atoms with Crippen LogP contribution in [0, 0.1) is 11.8 Å². The van der Waals surface area contributed by atoms with Gasteiger partial charge >= 0.3 is 0 Å². The summed E-state index contributed by atoms with van der Waals surface area (Å²) in [5, 5.41) is 19.4. The van der Waals surface area contributed by atoms with Crippen molar-refractivity contribution in [1.29, 1.82) is 0 Å². The first-order chi connectivity index (χ1) is 9.52. The van der Waals surface area contributed by atoms with Gasteiger partial charge in [0.1, 0.15) is 0 Å². The molecule has 0 spiro atoms. The second-order valence-corrected chi connectivity index (χ2v) is 5.35. The predicted octanol–water partition coefficient (Wildman–Crippen LogP) is -0.748. The van der Waals surface area contributed by atoms with E-state index >= 15 is 0 Å². The monoisotopic (exact) mass is 279 g/mol. The maximum atomic E-state index is 11.8. The van der Waals surface area contributed by atoms with Crippen molar-refractivity contribution in [2.75, 3.05) is 12.3 Å². The summed E-state index contributed by atoms with van der Waals surface area (Å²) in [6.45, 7) is 1.89. The molecule has 5 N–H and O–H groups in total. The quantitative estimate of drug-likeness (QED) is 0.572. The van der Waals surface area contributed by atoms with E-state index in [-0.39, 0.29) is 41.5 Å². The smallest absolute Gasteiger partial charge is 0.280 e. The summed E-state index contributed by atoms with van der Waals surface area (Å²) in [4.78, 5) is 22.4. The van der Waals surface area contributed by atoms with Crippen LogP contribution in [0.3, 0.4) is 0 Å². The maximum Gasteiger partial charge on any atom is 0.280 e. The molecule has 1 fully saturated rings. The fourth-order valence-corrected chi connectivity index (χ4v) is 3.11. The molecule has 2 aromatic heterocycles. The highest BCUT2D eigenvalue weighted by molar-refractivity contribution is 5.70. The predicted molar refractivity (Wildman–Crippen MR) is 72.0 cm³/mol. The van der Waals surface area contributed by atoms with E-state index in [9.17, 15) is 15.0 Å². The van der Waals surface area contributed by atoms with Crippen molar-refractivity contribution < 1.29 is 10.2 Å². The number of nitrogens with one attached hydrogen (secondary N) is 1. The first-order valence-electron chi connectivity index (χ1n) is 6.54. The summed E-state index contributed by atoms with van der Waals surface area (Å²) in [5.74, 6) is -0.0966. The van der Waals surface area contributed by atoms with Crippen molar-refractivity contribution in [3.63, 3.8) is 0 Å². The summed E-state index contributed by atoms with van der Waals surface area (Å²) in [6.07, 6.45) is 1.46. The minimum atomic E-state index is -0.572. The van der Waals surface area contributed by atoms with Gasteiger partial charge in [-0.15, -0.1) is 0 Å². The third-order valence-corrected chi connectivity index (χ3v) is 4.28. The van der Waals surface area contributed by atoms with E-state index in [2.05, 4.69) is 15.0 Å². The van der Waals surface area contributed by atoms with Gasteiger partial charge in [0.05, 0.1) is 12.4 Å². The Balaban J connectivity index is 2.10. The SMILES string of the molecule is CC1[C@H](CO)[C@@H](O)C[C@@H]1n1cnc2c(=O)[nH]c(N)nc21. The third-order valence-electron chi connectivity index (χ3n) is 4.28. The lowest BCUT2D eigenvalue weighted by atomic mass is 9.95. The molecule has 0 radical (unpaired) electrons. The van der Waals surface area contributed by atoms with Crippen LogP contribution in [0.5, 0.6) is 0 Å². The Morgan fingerprint density at radius 1 is 1.60 bits per heavy atom. The van der Waals surface area contributed by atoms with Crippen LogP contribution in [-0.2, 0) is 0 Å². The highest BCUT2D eigenvalue weighted by Crippen LogP contribution is 2.40. The average molecular weight is 279 g/mol. The normalized spacial score (nSPS) is 30.1. The zero-order valence-corrected chi connectivity index (χ0v) is 11.0. The Bertz CT molecular complexity index is 694. The molecule has 2 heterocycles. The molecule has 3 rings (SSSR count). The van der Waals surface area contributed by atoms with Crippen molar-refractivity contribution in [2.24, 2.45) is 11.8 Å². The number of H-pyrrole nitrogens is 1. The van der Waals surface area contributed by atoms with Crippen LogP contribution in [-0.4, -0.2) is 42.4 Å². The van der Waals surface area contributed by atoms with E-state index in [1.807, 2.05) is 6.92 Å². The van der Waals surface area contributed by atoms with Gasteiger partial charge in [-0.3, -0.25) is 9.78 Å². The topological polar surface area (TPSA) is 130 Å². The number of hydrogen-bond acceptors (Lipinski definition) is 6. The van der Waals surface area contributed by atoms with E-state index < -0.39 is 6.10 Å². The van der Waals surface area contributed by atoms with Crippen LogP contribution in [0.25, 0.3) is 11.2 Å². The number of fused-ring (bicyclic) bond motifs is 1. The first kappa shape index (κ1) is 13.1. The Kier molecular flexibility index (Phi) is 2.98. The van der Waals surface area contributed by atoms with Gasteiger partial charge in [0.15, 0.2) is 11.2 Å². The van der Waals surface area contributed by atoms with E-state index in [0.717, 1.165) is 0 Å². The van der Waals surface area contributed by atoms with Gasteiger partial charge in [-0.2, -0.15) is 4.98 Å². The number of anilines is 1. The number of aliphatic hydroxyl groups excluding tert-OH is 2. The van der Waals surface area contributed by atoms with Crippen LogP contribution >= 0.6 is 0 Å². The van der Waals surface area contributed by atoms with Crippen LogP contribution < -0.4 is 11.3 Å². The summed E-state index contributed by atoms with van der Waals surface area (Å²) in [6, 6.07) is -0.0687. The van der Waals surface area contributed by atoms with Gasteiger partial charge in [-0.25, -0.2) is 4.98 Å². The molecule has 0 saturated heterocycles. The fourth-order valence-electron chi connectivity index (χ4n) is 3.11. The van der Waals surface area contributed by atoms with Gasteiger partial charge in [-0.1, -0.05) is 6.92 Å². The number of aliphatic hydroxyl groups is 2. The summed E-state index contributed by atoms with van der Waals surface area (Å²) < 4.78 is 1.77. The molecule has 1 saturated carbocycles. The van der Waals surface area contributed by atoms with Gasteiger partial charge in [0.2, 0.25) is 5.95 Å². The second kappa shape index (κ2) is 4.57. The molecule has 0 aliphatic heterocycles. The highest BCUT2D eigenvalue weighted by Gasteiger charge is 2.41. The van der Waals surface area contributed by atoms with Gasteiger partial charge in [0, 0.05) is 18.6 Å². The number of nitrogens with two attached hydrogens (primary N) is 1. The number of nitrogens with zero attached hydrogens (tertiary/aromatic N) is 3. The van der Waals surface area contributed by atoms with E-state index in [0.29, 0.717) is 12.1 Å². The molecule has 1 aliphatic carbocycles. The summed E-state index contributed by atoms with van der Waals surface area (Å²) >= 11 is 0. The molecule has 2 aromatic rings. The Morgan fingerprint density at radius 2 is 2.35 bits per heavy atom. The van der Waals surface area contributed by atoms with Crippen molar-refractivity contribution in [3.05, 3.63) is 16.7 Å². The van der Waals surface area contributed by atoms with Crippen molar-refractivity contribution in [1.82, 2.24) is 19.5 Å². The van der Waals surface area contributed by atoms with Crippen LogP contribution in [0.2, 0.25) is 0 Å². The lowest BCUT2D eigenvalue weighted by molar-refractivity contribution is 0.0752. The van der Waals surface area contributed by atoms with Gasteiger partial charge < -0.3 is 20.5 Å². The Labute approximate surface area is 114 Å². The molecule has 0 bridgehead atoms. The van der Waals surface area contributed by atoms with Crippen molar-refractivity contribution in [3.8, 4) is 0 Å². The fraction of sp³-hybridized carbons (Fsp3) is 0.583. The Hall–Kier alpha value is -1.93. The number of nitrogen functional groups attached to an aromatic ring is 1.